The lowest BCUT2D eigenvalue weighted by Gasteiger charge is -2.37. The smallest absolute Gasteiger partial charge is 0.224 e. The maximum Gasteiger partial charge on any atom is 0.224 e. The van der Waals surface area contributed by atoms with E-state index in [0.29, 0.717) is 11.4 Å². The molecule has 3 aromatic rings. The molecule has 25 heavy (non-hydrogen) atoms. The Hall–Kier alpha value is -2.98. The molecule has 0 aliphatic carbocycles. The summed E-state index contributed by atoms with van der Waals surface area (Å²) in [6.07, 6.45) is 2.48. The Balaban J connectivity index is 1.99. The molecule has 0 saturated carbocycles. The Morgan fingerprint density at radius 2 is 2.00 bits per heavy atom. The maximum absolute atomic E-state index is 9.05. The number of hydrogen-bond donors (Lipinski definition) is 0. The van der Waals surface area contributed by atoms with E-state index < -0.39 is 0 Å². The van der Waals surface area contributed by atoms with Crippen molar-refractivity contribution in [2.75, 3.05) is 4.90 Å². The van der Waals surface area contributed by atoms with Gasteiger partial charge in [0.2, 0.25) is 5.28 Å². The molecule has 1 atom stereocenters. The van der Waals surface area contributed by atoms with Gasteiger partial charge < -0.3 is 4.90 Å². The summed E-state index contributed by atoms with van der Waals surface area (Å²) < 4.78 is 1.93. The topological polar surface area (TPSA) is 83.5 Å². The summed E-state index contributed by atoms with van der Waals surface area (Å²) in [6.45, 7) is 3.97. The van der Waals surface area contributed by atoms with Crippen LogP contribution in [0.1, 0.15) is 36.5 Å². The van der Waals surface area contributed by atoms with Crippen molar-refractivity contribution in [1.29, 1.82) is 5.26 Å². The van der Waals surface area contributed by atoms with Crippen molar-refractivity contribution < 1.29 is 0 Å². The molecule has 1 aliphatic rings. The first-order valence-electron chi connectivity index (χ1n) is 7.88. The van der Waals surface area contributed by atoms with E-state index in [0.717, 1.165) is 29.3 Å². The molecule has 0 amide bonds. The number of fused-ring (bicyclic) bond motifs is 3. The summed E-state index contributed by atoms with van der Waals surface area (Å²) in [4.78, 5) is 10.9. The maximum atomic E-state index is 9.05. The van der Waals surface area contributed by atoms with Crippen molar-refractivity contribution in [3.05, 3.63) is 53.0 Å². The average Bonchev–Trinajstić information content (AvgIpc) is 3.09. The van der Waals surface area contributed by atoms with Gasteiger partial charge in [0.15, 0.2) is 11.6 Å². The zero-order valence-corrected chi connectivity index (χ0v) is 14.4. The van der Waals surface area contributed by atoms with Gasteiger partial charge in [0.25, 0.3) is 0 Å². The second-order valence-corrected chi connectivity index (χ2v) is 6.10. The predicted molar refractivity (Wildman–Crippen MR) is 93.0 cm³/mol. The highest BCUT2D eigenvalue weighted by molar-refractivity contribution is 6.28. The molecule has 3 heterocycles. The van der Waals surface area contributed by atoms with Crippen LogP contribution in [0.5, 0.6) is 0 Å². The van der Waals surface area contributed by atoms with E-state index in [1.165, 1.54) is 0 Å². The number of anilines is 2. The third-order valence-corrected chi connectivity index (χ3v) is 4.50. The molecule has 0 N–H and O–H groups in total. The van der Waals surface area contributed by atoms with Gasteiger partial charge in [0.1, 0.15) is 12.0 Å². The van der Waals surface area contributed by atoms with Crippen LogP contribution in [0.15, 0.2) is 30.6 Å². The van der Waals surface area contributed by atoms with Crippen molar-refractivity contribution in [2.24, 2.45) is 0 Å². The second kappa shape index (κ2) is 5.83. The van der Waals surface area contributed by atoms with E-state index >= 15 is 0 Å². The Kier molecular flexibility index (Phi) is 3.62. The molecular formula is C17H14ClN7. The molecule has 0 spiro atoms. The number of aryl methyl sites for hydroxylation is 1. The highest BCUT2D eigenvalue weighted by Gasteiger charge is 2.35. The van der Waals surface area contributed by atoms with Gasteiger partial charge in [-0.2, -0.15) is 10.2 Å². The molecule has 2 aromatic heterocycles. The Bertz CT molecular complexity index is 987. The summed E-state index contributed by atoms with van der Waals surface area (Å²) in [5.41, 5.74) is 3.09. The lowest BCUT2D eigenvalue weighted by molar-refractivity contribution is 0.588. The predicted octanol–water partition coefficient (Wildman–Crippen LogP) is 3.49. The first kappa shape index (κ1) is 15.5. The highest BCUT2D eigenvalue weighted by Crippen LogP contribution is 2.43. The van der Waals surface area contributed by atoms with Crippen LogP contribution in [0.3, 0.4) is 0 Å². The lowest BCUT2D eigenvalue weighted by atomic mass is 10.1. The van der Waals surface area contributed by atoms with Crippen molar-refractivity contribution in [1.82, 2.24) is 24.7 Å². The van der Waals surface area contributed by atoms with Gasteiger partial charge in [0.05, 0.1) is 23.4 Å². The number of hydrogen-bond acceptors (Lipinski definition) is 6. The fraction of sp³-hybridized carbons (Fsp3) is 0.235. The van der Waals surface area contributed by atoms with Crippen molar-refractivity contribution >= 4 is 23.1 Å². The monoisotopic (exact) mass is 351 g/mol. The first-order chi connectivity index (χ1) is 12.1. The fourth-order valence-corrected chi connectivity index (χ4v) is 3.45. The van der Waals surface area contributed by atoms with Crippen LogP contribution < -0.4 is 4.90 Å². The van der Waals surface area contributed by atoms with Crippen molar-refractivity contribution in [3.8, 4) is 11.8 Å². The number of halogens is 1. The largest absolute Gasteiger partial charge is 0.314 e. The zero-order valence-electron chi connectivity index (χ0n) is 13.7. The summed E-state index contributed by atoms with van der Waals surface area (Å²) in [5, 5.41) is 17.6. The van der Waals surface area contributed by atoms with Crippen LogP contribution >= 0.6 is 11.6 Å². The molecule has 0 radical (unpaired) electrons. The van der Waals surface area contributed by atoms with E-state index in [4.69, 9.17) is 16.9 Å². The van der Waals surface area contributed by atoms with Crippen molar-refractivity contribution in [3.63, 3.8) is 0 Å². The highest BCUT2D eigenvalue weighted by atomic mass is 35.5. The van der Waals surface area contributed by atoms with Gasteiger partial charge in [-0.25, -0.2) is 4.98 Å². The SMILES string of the molecule is CCC1c2nncn2-c2c(C)nc(Cl)nc2N1c1ccc(C#N)cc1. The molecule has 1 unspecified atom stereocenters. The zero-order chi connectivity index (χ0) is 17.6. The number of nitrogens with zero attached hydrogens (tertiary/aromatic N) is 7. The third-order valence-electron chi connectivity index (χ3n) is 4.33. The van der Waals surface area contributed by atoms with Gasteiger partial charge in [-0.1, -0.05) is 6.92 Å². The minimum Gasteiger partial charge on any atom is -0.314 e. The molecule has 124 valence electrons. The minimum absolute atomic E-state index is 0.0479. The molecule has 0 saturated heterocycles. The quantitative estimate of drug-likeness (QED) is 0.657. The molecule has 1 aromatic carbocycles. The molecule has 0 fully saturated rings. The van der Waals surface area contributed by atoms with Gasteiger partial charge in [0, 0.05) is 5.69 Å². The molecular weight excluding hydrogens is 338 g/mol. The van der Waals surface area contributed by atoms with Gasteiger partial charge >= 0.3 is 0 Å². The van der Waals surface area contributed by atoms with Crippen LogP contribution in [-0.2, 0) is 0 Å². The van der Waals surface area contributed by atoms with Crippen LogP contribution in [0, 0.1) is 18.3 Å². The number of rotatable bonds is 2. The van der Waals surface area contributed by atoms with Crippen LogP contribution in [0.2, 0.25) is 5.28 Å². The standard InChI is InChI=1S/C17H14ClN7/c1-3-13-15-23-20-9-24(15)14-10(2)21-17(18)22-16(14)25(13)12-6-4-11(8-19)5-7-12/h4-7,9,13H,3H2,1-2H3. The van der Waals surface area contributed by atoms with E-state index in [1.54, 1.807) is 18.5 Å². The lowest BCUT2D eigenvalue weighted by Crippen LogP contribution is -2.32. The van der Waals surface area contributed by atoms with E-state index in [1.807, 2.05) is 23.6 Å². The normalized spacial score (nSPS) is 15.4. The minimum atomic E-state index is -0.0479. The van der Waals surface area contributed by atoms with Crippen LogP contribution in [-0.4, -0.2) is 24.7 Å². The Morgan fingerprint density at radius 3 is 2.68 bits per heavy atom. The number of aromatic nitrogens is 5. The molecule has 0 bridgehead atoms. The van der Waals surface area contributed by atoms with Gasteiger partial charge in [-0.15, -0.1) is 10.2 Å². The summed E-state index contributed by atoms with van der Waals surface area (Å²) >= 11 is 6.14. The van der Waals surface area contributed by atoms with Gasteiger partial charge in [-0.05, 0) is 49.2 Å². The van der Waals surface area contributed by atoms with Crippen molar-refractivity contribution in [2.45, 2.75) is 26.3 Å². The average molecular weight is 352 g/mol. The van der Waals surface area contributed by atoms with Crippen LogP contribution in [0.4, 0.5) is 11.5 Å². The number of nitriles is 1. The second-order valence-electron chi connectivity index (χ2n) is 5.76. The molecule has 7 nitrogen and oxygen atoms in total. The molecule has 8 heteroatoms. The summed E-state index contributed by atoms with van der Waals surface area (Å²) in [6, 6.07) is 9.48. The fourth-order valence-electron chi connectivity index (χ4n) is 3.24. The Labute approximate surface area is 149 Å². The third kappa shape index (κ3) is 2.34. The Morgan fingerprint density at radius 1 is 1.24 bits per heavy atom. The number of benzene rings is 1. The molecule has 1 aliphatic heterocycles. The first-order valence-corrected chi connectivity index (χ1v) is 8.25. The van der Waals surface area contributed by atoms with Gasteiger partial charge in [-0.3, -0.25) is 4.57 Å². The van der Waals surface area contributed by atoms with E-state index in [9.17, 15) is 0 Å². The molecule has 4 rings (SSSR count). The van der Waals surface area contributed by atoms with E-state index in [-0.39, 0.29) is 11.3 Å². The van der Waals surface area contributed by atoms with Crippen LogP contribution in [0.25, 0.3) is 5.69 Å². The summed E-state index contributed by atoms with van der Waals surface area (Å²) in [5.74, 6) is 1.54. The summed E-state index contributed by atoms with van der Waals surface area (Å²) in [7, 11) is 0. The van der Waals surface area contributed by atoms with E-state index in [2.05, 4.69) is 38.1 Å².